The molecule has 12 heteroatoms. The summed E-state index contributed by atoms with van der Waals surface area (Å²) >= 11 is 0. The zero-order valence-corrected chi connectivity index (χ0v) is 38.8. The summed E-state index contributed by atoms with van der Waals surface area (Å²) in [6.45, 7) is 15.2. The lowest BCUT2D eigenvalue weighted by Crippen LogP contribution is -2.33. The van der Waals surface area contributed by atoms with Crippen LogP contribution in [0.1, 0.15) is 91.1 Å². The van der Waals surface area contributed by atoms with E-state index in [4.69, 9.17) is 28.3 Å². The molecule has 0 atom stereocenters. The molecule has 2 aromatic carbocycles. The summed E-state index contributed by atoms with van der Waals surface area (Å²) in [6.07, 6.45) is 1.41. The van der Waals surface area contributed by atoms with Gasteiger partial charge in [-0.1, -0.05) is 12.1 Å². The first-order valence-corrected chi connectivity index (χ1v) is 21.9. The first-order chi connectivity index (χ1) is 31.2. The van der Waals surface area contributed by atoms with Gasteiger partial charge in [-0.05, 0) is 142 Å². The van der Waals surface area contributed by atoms with Crippen molar-refractivity contribution in [3.63, 3.8) is 0 Å². The maximum absolute atomic E-state index is 12.5. The number of ether oxygens (including phenoxy) is 4. The molecular formula is C53H55N4O8+. The molecule has 6 aromatic rings. The number of carbonyl (C=O) groups excluding carboxylic acids is 2. The lowest BCUT2D eigenvalue weighted by atomic mass is 9.94. The van der Waals surface area contributed by atoms with Crippen LogP contribution in [0.25, 0.3) is 66.5 Å². The van der Waals surface area contributed by atoms with Gasteiger partial charge in [0.25, 0.3) is 0 Å². The number of methoxy groups -OCH3 is 2. The molecule has 0 radical (unpaired) electrons. The van der Waals surface area contributed by atoms with Gasteiger partial charge in [0.05, 0.1) is 31.2 Å². The second-order valence-electron chi connectivity index (χ2n) is 16.8. The van der Waals surface area contributed by atoms with E-state index in [1.807, 2.05) is 31.2 Å². The minimum absolute atomic E-state index is 0.224. The van der Waals surface area contributed by atoms with E-state index in [2.05, 4.69) is 93.5 Å². The third-order valence-corrected chi connectivity index (χ3v) is 13.1. The quantitative estimate of drug-likeness (QED) is 0.0530. The van der Waals surface area contributed by atoms with Crippen molar-refractivity contribution in [2.75, 3.05) is 27.4 Å². The molecule has 0 saturated carbocycles. The van der Waals surface area contributed by atoms with Gasteiger partial charge in [-0.25, -0.2) is 9.78 Å². The Hall–Kier alpha value is -7.21. The summed E-state index contributed by atoms with van der Waals surface area (Å²) < 4.78 is 29.9. The van der Waals surface area contributed by atoms with Crippen LogP contribution in [0.2, 0.25) is 0 Å². The lowest BCUT2D eigenvalue weighted by Gasteiger charge is -2.11. The van der Waals surface area contributed by atoms with Gasteiger partial charge < -0.3 is 33.3 Å². The topological polar surface area (TPSA) is 150 Å². The highest BCUT2D eigenvalue weighted by Gasteiger charge is 2.32. The minimum Gasteiger partial charge on any atom is -0.490 e. The van der Waals surface area contributed by atoms with Crippen LogP contribution in [0.3, 0.4) is 0 Å². The van der Waals surface area contributed by atoms with Crippen LogP contribution in [0.4, 0.5) is 0 Å². The van der Waals surface area contributed by atoms with E-state index in [9.17, 15) is 14.4 Å². The number of benzene rings is 2. The van der Waals surface area contributed by atoms with Crippen molar-refractivity contribution >= 4 is 67.3 Å². The zero-order chi connectivity index (χ0) is 46.3. The first kappa shape index (κ1) is 44.4. The van der Waals surface area contributed by atoms with Crippen molar-refractivity contribution in [2.24, 2.45) is 7.05 Å². The second kappa shape index (κ2) is 18.1. The molecule has 2 aliphatic rings. The van der Waals surface area contributed by atoms with E-state index in [1.54, 1.807) is 6.07 Å². The number of aromatic amines is 2. The van der Waals surface area contributed by atoms with Crippen LogP contribution in [0.5, 0.6) is 11.5 Å². The van der Waals surface area contributed by atoms with Gasteiger partial charge in [0, 0.05) is 69.6 Å². The van der Waals surface area contributed by atoms with Crippen LogP contribution >= 0.6 is 0 Å². The highest BCUT2D eigenvalue weighted by Crippen LogP contribution is 2.41. The zero-order valence-electron chi connectivity index (χ0n) is 38.8. The van der Waals surface area contributed by atoms with Crippen molar-refractivity contribution in [1.82, 2.24) is 15.0 Å². The Kier molecular flexibility index (Phi) is 12.4. The summed E-state index contributed by atoms with van der Waals surface area (Å²) in [5.41, 5.74) is 18.7. The number of fused-ring (bicyclic) bond motifs is 9. The molecule has 0 amide bonds. The summed E-state index contributed by atoms with van der Waals surface area (Å²) in [5.74, 6) is 0.719. The van der Waals surface area contributed by atoms with Gasteiger partial charge in [0.1, 0.15) is 37.3 Å². The molecule has 0 aliphatic carbocycles. The standard InChI is InChI=1S/C53H54N4O8/c1-28-23-50(60)65-47-24-37(15-16-38(28)47)64-22-21-63-36-13-11-35(12-14-36)51-52-31(4)29(2)41(56-52)25-42-33(6)39(17-19-48(58)61-9)44(54-42)26-45-40(18-20-49(59)62-10)34(7)43(55-45)27-46-30(3)32(5)53(51)57(46)8/h11-16,23-27H,17-22H2,1-10H3,(H,54,55,56)/p+1. The molecule has 65 heavy (non-hydrogen) atoms. The maximum Gasteiger partial charge on any atom is 0.336 e. The number of carbonyl (C=O) groups is 2. The monoisotopic (exact) mass is 875 g/mol. The Bertz CT molecular complexity index is 3220. The number of rotatable bonds is 12. The Balaban J connectivity index is 1.26. The lowest BCUT2D eigenvalue weighted by molar-refractivity contribution is -0.672. The molecule has 334 valence electrons. The Morgan fingerprint density at radius 2 is 1.25 bits per heavy atom. The van der Waals surface area contributed by atoms with Crippen LogP contribution in [0.15, 0.2) is 75.9 Å². The van der Waals surface area contributed by atoms with Gasteiger partial charge in [0.15, 0.2) is 0 Å². The van der Waals surface area contributed by atoms with Crippen molar-refractivity contribution in [3.8, 4) is 22.6 Å². The summed E-state index contributed by atoms with van der Waals surface area (Å²) in [4.78, 5) is 49.7. The van der Waals surface area contributed by atoms with Crippen LogP contribution in [-0.4, -0.2) is 54.3 Å². The SMILES string of the molecule is COC(=O)CCc1c(C)c2cc3nc(c(-c4ccc(OCCOc5ccc6c(C)cc(=O)oc6c5)cc4)c4[n+](C)c(cc5[nH]c(cc1[nH]2)c(CCC(=O)OC)c5C)C(C)=C4C)C(C)=C3C. The second-order valence-corrected chi connectivity index (χ2v) is 16.8. The molecular weight excluding hydrogens is 821 g/mol. The fourth-order valence-corrected chi connectivity index (χ4v) is 9.03. The average Bonchev–Trinajstić information content (AvgIpc) is 3.92. The number of hydrogen-bond acceptors (Lipinski definition) is 9. The summed E-state index contributed by atoms with van der Waals surface area (Å²) in [7, 11) is 4.92. The highest BCUT2D eigenvalue weighted by molar-refractivity contribution is 6.00. The number of aryl methyl sites for hydroxylation is 5. The van der Waals surface area contributed by atoms with Crippen molar-refractivity contribution in [3.05, 3.63) is 128 Å². The first-order valence-electron chi connectivity index (χ1n) is 21.9. The molecule has 8 bridgehead atoms. The van der Waals surface area contributed by atoms with Gasteiger partial charge in [-0.2, -0.15) is 4.57 Å². The van der Waals surface area contributed by atoms with Gasteiger partial charge >= 0.3 is 17.6 Å². The van der Waals surface area contributed by atoms with Crippen LogP contribution < -0.4 is 19.7 Å². The van der Waals surface area contributed by atoms with Gasteiger partial charge in [-0.3, -0.25) is 9.59 Å². The van der Waals surface area contributed by atoms with E-state index in [0.717, 1.165) is 111 Å². The number of nitrogens with one attached hydrogen (secondary N) is 2. The fourth-order valence-electron chi connectivity index (χ4n) is 9.03. The molecule has 8 rings (SSSR count). The Morgan fingerprint density at radius 3 is 1.86 bits per heavy atom. The Labute approximate surface area is 377 Å². The molecule has 2 aliphatic heterocycles. The molecule has 0 spiro atoms. The third kappa shape index (κ3) is 8.60. The normalized spacial score (nSPS) is 12.6. The van der Waals surface area contributed by atoms with Crippen LogP contribution in [0, 0.1) is 20.8 Å². The largest absolute Gasteiger partial charge is 0.490 e. The Morgan fingerprint density at radius 1 is 0.662 bits per heavy atom. The maximum atomic E-state index is 12.5. The van der Waals surface area contributed by atoms with E-state index in [0.29, 0.717) is 36.5 Å². The number of allylic oxidation sites excluding steroid dienone is 4. The van der Waals surface area contributed by atoms with E-state index in [-0.39, 0.29) is 31.4 Å². The highest BCUT2D eigenvalue weighted by atomic mass is 16.5. The van der Waals surface area contributed by atoms with E-state index < -0.39 is 5.63 Å². The van der Waals surface area contributed by atoms with Crippen molar-refractivity contribution in [1.29, 1.82) is 0 Å². The average molecular weight is 876 g/mol. The smallest absolute Gasteiger partial charge is 0.336 e. The number of esters is 2. The molecule has 0 fully saturated rings. The number of aromatic nitrogens is 4. The molecule has 2 N–H and O–H groups in total. The molecule has 6 heterocycles. The summed E-state index contributed by atoms with van der Waals surface area (Å²) in [5, 5.41) is 0.865. The molecule has 0 unspecified atom stereocenters. The van der Waals surface area contributed by atoms with Gasteiger partial charge in [-0.15, -0.1) is 0 Å². The molecule has 12 nitrogen and oxygen atoms in total. The molecule has 0 saturated heterocycles. The van der Waals surface area contributed by atoms with Crippen molar-refractivity contribution < 1.29 is 37.5 Å². The number of nitrogens with zero attached hydrogens (tertiary/aromatic N) is 2. The van der Waals surface area contributed by atoms with Crippen molar-refractivity contribution in [2.45, 2.75) is 74.1 Å². The predicted molar refractivity (Wildman–Crippen MR) is 255 cm³/mol. The third-order valence-electron chi connectivity index (χ3n) is 13.1. The summed E-state index contributed by atoms with van der Waals surface area (Å²) in [6, 6.07) is 21.4. The van der Waals surface area contributed by atoms with Gasteiger partial charge in [0.2, 0.25) is 11.4 Å². The molecule has 4 aromatic heterocycles. The predicted octanol–water partition coefficient (Wildman–Crippen LogP) is 10.0. The number of hydrogen-bond donors (Lipinski definition) is 2. The van der Waals surface area contributed by atoms with E-state index >= 15 is 0 Å². The van der Waals surface area contributed by atoms with Crippen LogP contribution in [-0.2, 0) is 39.0 Å². The fraction of sp³-hybridized carbons (Fsp3) is 0.302. The minimum atomic E-state index is -0.393. The van der Waals surface area contributed by atoms with E-state index in [1.165, 1.54) is 20.3 Å². The number of H-pyrrole nitrogens is 2.